The van der Waals surface area contributed by atoms with Crippen molar-refractivity contribution in [3.05, 3.63) is 64.8 Å². The molecule has 7 heteroatoms. The number of aromatic nitrogens is 1. The predicted molar refractivity (Wildman–Crippen MR) is 87.3 cm³/mol. The van der Waals surface area contributed by atoms with Crippen LogP contribution in [0, 0.1) is 0 Å². The van der Waals surface area contributed by atoms with Crippen LogP contribution in [-0.4, -0.2) is 10.5 Å². The molecule has 0 spiro atoms. The molecule has 0 saturated carbocycles. The number of rotatable bonds is 2. The fourth-order valence-electron chi connectivity index (χ4n) is 2.51. The third-order valence-corrected chi connectivity index (χ3v) is 4.04. The summed E-state index contributed by atoms with van der Waals surface area (Å²) in [4.78, 5) is 12.4. The van der Waals surface area contributed by atoms with Gasteiger partial charge in [0.05, 0.1) is 5.56 Å². The van der Waals surface area contributed by atoms with E-state index in [1.807, 2.05) is 6.07 Å². The SMILES string of the molecule is Cn1c(C(=O)Nc2cccc(C(F)(F)F)c2)cc2c(Cl)cccc21. The van der Waals surface area contributed by atoms with E-state index in [2.05, 4.69) is 5.32 Å². The Kier molecular flexibility index (Phi) is 4.01. The Hall–Kier alpha value is -2.47. The number of alkyl halides is 3. The fraction of sp³-hybridized carbons (Fsp3) is 0.118. The summed E-state index contributed by atoms with van der Waals surface area (Å²) in [6, 6.07) is 11.4. The molecular formula is C17H12ClF3N2O. The molecule has 0 aliphatic carbocycles. The van der Waals surface area contributed by atoms with Crippen molar-refractivity contribution < 1.29 is 18.0 Å². The molecule has 0 unspecified atom stereocenters. The number of anilines is 1. The average Bonchev–Trinajstić information content (AvgIpc) is 2.86. The number of carbonyl (C=O) groups is 1. The van der Waals surface area contributed by atoms with Crippen molar-refractivity contribution in [3.63, 3.8) is 0 Å². The molecule has 1 heterocycles. The largest absolute Gasteiger partial charge is 0.416 e. The van der Waals surface area contributed by atoms with Gasteiger partial charge in [0.15, 0.2) is 0 Å². The standard InChI is InChI=1S/C17H12ClF3N2O/c1-23-14-7-3-6-13(18)12(14)9-15(23)16(24)22-11-5-2-4-10(8-11)17(19,20)21/h2-9H,1H3,(H,22,24). The van der Waals surface area contributed by atoms with Crippen molar-refractivity contribution in [2.45, 2.75) is 6.18 Å². The first-order valence-corrected chi connectivity index (χ1v) is 7.38. The van der Waals surface area contributed by atoms with Crippen LogP contribution in [0.25, 0.3) is 10.9 Å². The quantitative estimate of drug-likeness (QED) is 0.683. The van der Waals surface area contributed by atoms with E-state index < -0.39 is 17.6 Å². The Bertz CT molecular complexity index is 931. The molecule has 1 amide bonds. The van der Waals surface area contributed by atoms with Gasteiger partial charge in [0.2, 0.25) is 0 Å². The van der Waals surface area contributed by atoms with Crippen molar-refractivity contribution in [3.8, 4) is 0 Å². The maximum Gasteiger partial charge on any atom is 0.416 e. The Morgan fingerprint density at radius 1 is 1.12 bits per heavy atom. The molecule has 1 aromatic heterocycles. The lowest BCUT2D eigenvalue weighted by Crippen LogP contribution is -2.16. The molecule has 3 rings (SSSR count). The lowest BCUT2D eigenvalue weighted by molar-refractivity contribution is -0.137. The van der Waals surface area contributed by atoms with Crippen LogP contribution in [0.5, 0.6) is 0 Å². The number of benzene rings is 2. The summed E-state index contributed by atoms with van der Waals surface area (Å²) in [5.74, 6) is -0.510. The maximum absolute atomic E-state index is 12.7. The Balaban J connectivity index is 1.94. The zero-order valence-corrected chi connectivity index (χ0v) is 13.2. The minimum Gasteiger partial charge on any atom is -0.340 e. The summed E-state index contributed by atoms with van der Waals surface area (Å²) in [6.45, 7) is 0. The fourth-order valence-corrected chi connectivity index (χ4v) is 2.73. The van der Waals surface area contributed by atoms with Crippen molar-refractivity contribution >= 4 is 34.1 Å². The zero-order valence-electron chi connectivity index (χ0n) is 12.5. The Labute approximate surface area is 140 Å². The van der Waals surface area contributed by atoms with Crippen LogP contribution >= 0.6 is 11.6 Å². The topological polar surface area (TPSA) is 34.0 Å². The molecule has 124 valence electrons. The van der Waals surface area contributed by atoms with Gasteiger partial charge in [-0.15, -0.1) is 0 Å². The van der Waals surface area contributed by atoms with Gasteiger partial charge < -0.3 is 9.88 Å². The first kappa shape index (κ1) is 16.4. The zero-order chi connectivity index (χ0) is 17.5. The molecule has 3 aromatic rings. The van der Waals surface area contributed by atoms with Crippen molar-refractivity contribution in [1.82, 2.24) is 4.57 Å². The van der Waals surface area contributed by atoms with E-state index in [-0.39, 0.29) is 5.69 Å². The van der Waals surface area contributed by atoms with Crippen LogP contribution < -0.4 is 5.32 Å². The summed E-state index contributed by atoms with van der Waals surface area (Å²) in [6.07, 6.45) is -4.46. The van der Waals surface area contributed by atoms with E-state index in [1.54, 1.807) is 29.8 Å². The van der Waals surface area contributed by atoms with Gasteiger partial charge in [-0.3, -0.25) is 4.79 Å². The maximum atomic E-state index is 12.7. The van der Waals surface area contributed by atoms with Crippen molar-refractivity contribution in [2.24, 2.45) is 7.05 Å². The van der Waals surface area contributed by atoms with Gasteiger partial charge in [-0.2, -0.15) is 13.2 Å². The smallest absolute Gasteiger partial charge is 0.340 e. The van der Waals surface area contributed by atoms with E-state index in [0.29, 0.717) is 16.1 Å². The number of aryl methyl sites for hydroxylation is 1. The molecule has 0 saturated heterocycles. The lowest BCUT2D eigenvalue weighted by Gasteiger charge is -2.10. The predicted octanol–water partition coefficient (Wildman–Crippen LogP) is 5.10. The molecule has 3 nitrogen and oxygen atoms in total. The van der Waals surface area contributed by atoms with Gasteiger partial charge in [0, 0.05) is 28.7 Å². The summed E-state index contributed by atoms with van der Waals surface area (Å²) in [5, 5.41) is 3.69. The number of hydrogen-bond acceptors (Lipinski definition) is 1. The summed E-state index contributed by atoms with van der Waals surface area (Å²) in [7, 11) is 1.69. The molecule has 0 fully saturated rings. The van der Waals surface area contributed by atoms with Gasteiger partial charge in [-0.1, -0.05) is 23.7 Å². The Morgan fingerprint density at radius 3 is 2.50 bits per heavy atom. The highest BCUT2D eigenvalue weighted by Crippen LogP contribution is 2.31. The first-order valence-electron chi connectivity index (χ1n) is 7.00. The molecule has 2 aromatic carbocycles. The summed E-state index contributed by atoms with van der Waals surface area (Å²) < 4.78 is 39.9. The molecule has 24 heavy (non-hydrogen) atoms. The lowest BCUT2D eigenvalue weighted by atomic mass is 10.2. The molecule has 0 atom stereocenters. The van der Waals surface area contributed by atoms with Crippen molar-refractivity contribution in [1.29, 1.82) is 0 Å². The average molecular weight is 353 g/mol. The van der Waals surface area contributed by atoms with Gasteiger partial charge in [0.25, 0.3) is 5.91 Å². The van der Waals surface area contributed by atoms with Gasteiger partial charge >= 0.3 is 6.18 Å². The van der Waals surface area contributed by atoms with Gasteiger partial charge in [-0.25, -0.2) is 0 Å². The van der Waals surface area contributed by atoms with E-state index in [0.717, 1.165) is 17.6 Å². The van der Waals surface area contributed by atoms with Crippen LogP contribution in [0.15, 0.2) is 48.5 Å². The van der Waals surface area contributed by atoms with E-state index in [4.69, 9.17) is 11.6 Å². The molecule has 0 radical (unpaired) electrons. The van der Waals surface area contributed by atoms with Crippen LogP contribution in [0.3, 0.4) is 0 Å². The van der Waals surface area contributed by atoms with Crippen molar-refractivity contribution in [2.75, 3.05) is 5.32 Å². The molecule has 0 bridgehead atoms. The second-order valence-electron chi connectivity index (χ2n) is 5.29. The normalized spacial score (nSPS) is 11.7. The minimum atomic E-state index is -4.46. The monoisotopic (exact) mass is 352 g/mol. The second-order valence-corrected chi connectivity index (χ2v) is 5.70. The summed E-state index contributed by atoms with van der Waals surface area (Å²) >= 11 is 6.11. The molecule has 0 aliphatic rings. The number of halogens is 4. The van der Waals surface area contributed by atoms with Crippen LogP contribution in [-0.2, 0) is 13.2 Å². The highest BCUT2D eigenvalue weighted by molar-refractivity contribution is 6.35. The van der Waals surface area contributed by atoms with E-state index in [1.165, 1.54) is 12.1 Å². The van der Waals surface area contributed by atoms with Crippen LogP contribution in [0.4, 0.5) is 18.9 Å². The highest BCUT2D eigenvalue weighted by Gasteiger charge is 2.30. The Morgan fingerprint density at radius 2 is 1.83 bits per heavy atom. The molecular weight excluding hydrogens is 341 g/mol. The third kappa shape index (κ3) is 2.97. The molecule has 0 aliphatic heterocycles. The third-order valence-electron chi connectivity index (χ3n) is 3.71. The number of nitrogens with zero attached hydrogens (tertiary/aromatic N) is 1. The van der Waals surface area contributed by atoms with E-state index in [9.17, 15) is 18.0 Å². The number of nitrogens with one attached hydrogen (secondary N) is 1. The molecule has 1 N–H and O–H groups in total. The highest BCUT2D eigenvalue weighted by atomic mass is 35.5. The minimum absolute atomic E-state index is 0.0752. The van der Waals surface area contributed by atoms with Gasteiger partial charge in [-0.05, 0) is 36.4 Å². The second kappa shape index (κ2) is 5.87. The number of amides is 1. The summed E-state index contributed by atoms with van der Waals surface area (Å²) in [5.41, 5.74) is 0.318. The van der Waals surface area contributed by atoms with E-state index >= 15 is 0 Å². The number of carbonyl (C=O) groups excluding carboxylic acids is 1. The number of hydrogen-bond donors (Lipinski definition) is 1. The first-order chi connectivity index (χ1) is 11.3. The van der Waals surface area contributed by atoms with Crippen LogP contribution in [0.2, 0.25) is 5.02 Å². The number of fused-ring (bicyclic) bond motifs is 1. The van der Waals surface area contributed by atoms with Gasteiger partial charge in [0.1, 0.15) is 5.69 Å². The van der Waals surface area contributed by atoms with Crippen LogP contribution in [0.1, 0.15) is 16.1 Å².